The van der Waals surface area contributed by atoms with E-state index in [1.54, 1.807) is 4.90 Å². The second-order valence-electron chi connectivity index (χ2n) is 7.99. The zero-order valence-electron chi connectivity index (χ0n) is 16.5. The molecule has 148 valence electrons. The molecule has 3 heterocycles. The van der Waals surface area contributed by atoms with Gasteiger partial charge in [-0.3, -0.25) is 4.90 Å². The molecule has 0 aromatic carbocycles. The van der Waals surface area contributed by atoms with Gasteiger partial charge in [0.25, 0.3) is 0 Å². The number of aromatic nitrogens is 2. The molecule has 0 spiro atoms. The van der Waals surface area contributed by atoms with Crippen molar-refractivity contribution >= 4 is 33.4 Å². The fourth-order valence-corrected chi connectivity index (χ4v) is 3.74. The molecule has 0 unspecified atom stereocenters. The average molecular weight is 438 g/mol. The summed E-state index contributed by atoms with van der Waals surface area (Å²) in [6, 6.07) is 1.95. The Hall–Kier alpha value is -1.60. The van der Waals surface area contributed by atoms with Crippen LogP contribution in [0.15, 0.2) is 22.9 Å². The third-order valence-electron chi connectivity index (χ3n) is 4.68. The molecule has 0 saturated carbocycles. The lowest BCUT2D eigenvalue weighted by Gasteiger charge is -2.32. The van der Waals surface area contributed by atoms with Crippen LogP contribution >= 0.6 is 15.9 Å². The van der Waals surface area contributed by atoms with Crippen LogP contribution in [0.4, 0.5) is 10.5 Å². The van der Waals surface area contributed by atoms with Crippen molar-refractivity contribution in [2.45, 2.75) is 52.6 Å². The van der Waals surface area contributed by atoms with Crippen LogP contribution in [-0.2, 0) is 15.9 Å². The maximum Gasteiger partial charge on any atom is 0.414 e. The van der Waals surface area contributed by atoms with Gasteiger partial charge in [0.2, 0.25) is 0 Å². The second-order valence-corrected chi connectivity index (χ2v) is 8.90. The third kappa shape index (κ3) is 4.82. The monoisotopic (exact) mass is 437 g/mol. The van der Waals surface area contributed by atoms with Crippen molar-refractivity contribution in [3.05, 3.63) is 28.6 Å². The summed E-state index contributed by atoms with van der Waals surface area (Å²) < 4.78 is 14.1. The minimum absolute atomic E-state index is 0.338. The fourth-order valence-electron chi connectivity index (χ4n) is 3.32. The van der Waals surface area contributed by atoms with Crippen molar-refractivity contribution in [1.82, 2.24) is 9.38 Å². The van der Waals surface area contributed by atoms with Gasteiger partial charge in [-0.1, -0.05) is 6.92 Å². The molecule has 1 saturated heterocycles. The number of hydrogen-bond acceptors (Lipinski definition) is 4. The largest absolute Gasteiger partial charge is 0.443 e. The van der Waals surface area contributed by atoms with Crippen molar-refractivity contribution < 1.29 is 14.3 Å². The van der Waals surface area contributed by atoms with Crippen LogP contribution in [0.2, 0.25) is 0 Å². The smallest absolute Gasteiger partial charge is 0.414 e. The SMILES string of the molecule is CCc1cnc2c(N(CC3CCOCC3)C(=O)OC(C)(C)C)cc(Br)cn12. The van der Waals surface area contributed by atoms with E-state index in [0.29, 0.717) is 12.5 Å². The van der Waals surface area contributed by atoms with Gasteiger partial charge in [-0.15, -0.1) is 0 Å². The van der Waals surface area contributed by atoms with Crippen molar-refractivity contribution in [2.24, 2.45) is 5.92 Å². The molecule has 1 amide bonds. The minimum Gasteiger partial charge on any atom is -0.443 e. The predicted octanol–water partition coefficient (Wildman–Crippen LogP) is 4.83. The Morgan fingerprint density at radius 1 is 1.41 bits per heavy atom. The maximum atomic E-state index is 13.1. The third-order valence-corrected chi connectivity index (χ3v) is 5.11. The Labute approximate surface area is 169 Å². The molecule has 0 atom stereocenters. The molecule has 6 nitrogen and oxygen atoms in total. The van der Waals surface area contributed by atoms with E-state index in [4.69, 9.17) is 9.47 Å². The molecular formula is C20H28BrN3O3. The number of pyridine rings is 1. The molecule has 2 aromatic rings. The summed E-state index contributed by atoms with van der Waals surface area (Å²) >= 11 is 3.59. The molecule has 27 heavy (non-hydrogen) atoms. The van der Waals surface area contributed by atoms with Crippen LogP contribution in [0.25, 0.3) is 5.65 Å². The summed E-state index contributed by atoms with van der Waals surface area (Å²) in [7, 11) is 0. The lowest BCUT2D eigenvalue weighted by atomic mass is 9.99. The first-order valence-electron chi connectivity index (χ1n) is 9.52. The van der Waals surface area contributed by atoms with E-state index in [1.165, 1.54) is 0 Å². The van der Waals surface area contributed by atoms with Crippen molar-refractivity contribution in [3.8, 4) is 0 Å². The number of rotatable bonds is 4. The van der Waals surface area contributed by atoms with Crippen molar-refractivity contribution in [3.63, 3.8) is 0 Å². The van der Waals surface area contributed by atoms with E-state index in [-0.39, 0.29) is 6.09 Å². The number of hydrogen-bond donors (Lipinski definition) is 0. The Balaban J connectivity index is 2.02. The van der Waals surface area contributed by atoms with Crippen molar-refractivity contribution in [2.75, 3.05) is 24.7 Å². The van der Waals surface area contributed by atoms with E-state index >= 15 is 0 Å². The van der Waals surface area contributed by atoms with Gasteiger partial charge in [0.1, 0.15) is 5.60 Å². The van der Waals surface area contributed by atoms with E-state index in [0.717, 1.165) is 54.0 Å². The summed E-state index contributed by atoms with van der Waals surface area (Å²) in [5, 5.41) is 0. The summed E-state index contributed by atoms with van der Waals surface area (Å²) in [6.45, 7) is 9.83. The minimum atomic E-state index is -0.558. The number of carbonyl (C=O) groups excluding carboxylic acids is 1. The number of amides is 1. The number of carbonyl (C=O) groups is 1. The lowest BCUT2D eigenvalue weighted by Crippen LogP contribution is -2.41. The average Bonchev–Trinajstić information content (AvgIpc) is 3.01. The molecule has 0 bridgehead atoms. The molecule has 1 aliphatic rings. The summed E-state index contributed by atoms with van der Waals surface area (Å²) in [4.78, 5) is 19.4. The van der Waals surface area contributed by atoms with Gasteiger partial charge in [0.15, 0.2) is 5.65 Å². The van der Waals surface area contributed by atoms with Gasteiger partial charge in [-0.05, 0) is 67.9 Å². The van der Waals surface area contributed by atoms with E-state index in [9.17, 15) is 4.79 Å². The lowest BCUT2D eigenvalue weighted by molar-refractivity contribution is 0.0515. The predicted molar refractivity (Wildman–Crippen MR) is 109 cm³/mol. The Kier molecular flexibility index (Phi) is 6.11. The van der Waals surface area contributed by atoms with Crippen LogP contribution in [0.5, 0.6) is 0 Å². The Morgan fingerprint density at radius 2 is 2.11 bits per heavy atom. The van der Waals surface area contributed by atoms with Crippen LogP contribution in [0.1, 0.15) is 46.2 Å². The first kappa shape index (κ1) is 20.1. The van der Waals surface area contributed by atoms with Gasteiger partial charge in [-0.25, -0.2) is 9.78 Å². The van der Waals surface area contributed by atoms with Crippen LogP contribution in [0, 0.1) is 5.92 Å². The highest BCUT2D eigenvalue weighted by atomic mass is 79.9. The number of nitrogens with zero attached hydrogens (tertiary/aromatic N) is 3. The standard InChI is InChI=1S/C20H28BrN3O3/c1-5-16-11-22-18-17(10-15(21)13-23(16)18)24(19(25)27-20(2,3)4)12-14-6-8-26-9-7-14/h10-11,13-14H,5-9,12H2,1-4H3. The molecule has 0 radical (unpaired) electrons. The quantitative estimate of drug-likeness (QED) is 0.687. The number of anilines is 1. The highest BCUT2D eigenvalue weighted by Crippen LogP contribution is 2.30. The van der Waals surface area contributed by atoms with Crippen molar-refractivity contribution in [1.29, 1.82) is 0 Å². The first-order chi connectivity index (χ1) is 12.8. The number of ether oxygens (including phenoxy) is 2. The normalized spacial score (nSPS) is 15.9. The van der Waals surface area contributed by atoms with Crippen LogP contribution in [0.3, 0.4) is 0 Å². The zero-order chi connectivity index (χ0) is 19.6. The number of fused-ring (bicyclic) bond motifs is 1. The Morgan fingerprint density at radius 3 is 2.74 bits per heavy atom. The Bertz CT molecular complexity index is 807. The summed E-state index contributed by atoms with van der Waals surface area (Å²) in [5.74, 6) is 0.380. The first-order valence-corrected chi connectivity index (χ1v) is 10.3. The van der Waals surface area contributed by atoms with E-state index in [1.807, 2.05) is 43.6 Å². The summed E-state index contributed by atoms with van der Waals surface area (Å²) in [5.41, 5.74) is 2.08. The molecular weight excluding hydrogens is 410 g/mol. The van der Waals surface area contributed by atoms with E-state index in [2.05, 4.69) is 27.8 Å². The van der Waals surface area contributed by atoms with Gasteiger partial charge in [-0.2, -0.15) is 0 Å². The summed E-state index contributed by atoms with van der Waals surface area (Å²) in [6.07, 6.45) is 6.27. The molecule has 3 rings (SSSR count). The van der Waals surface area contributed by atoms with Crippen LogP contribution in [-0.4, -0.2) is 40.8 Å². The van der Waals surface area contributed by atoms with Gasteiger partial charge < -0.3 is 13.9 Å². The topological polar surface area (TPSA) is 56.1 Å². The molecule has 0 aliphatic carbocycles. The number of aryl methyl sites for hydroxylation is 1. The number of halogens is 1. The van der Waals surface area contributed by atoms with Gasteiger partial charge in [0.05, 0.1) is 5.69 Å². The van der Waals surface area contributed by atoms with Crippen LogP contribution < -0.4 is 4.90 Å². The molecule has 7 heteroatoms. The molecule has 1 aliphatic heterocycles. The van der Waals surface area contributed by atoms with Gasteiger partial charge >= 0.3 is 6.09 Å². The highest BCUT2D eigenvalue weighted by molar-refractivity contribution is 9.10. The zero-order valence-corrected chi connectivity index (χ0v) is 18.1. The molecule has 0 N–H and O–H groups in total. The van der Waals surface area contributed by atoms with Gasteiger partial charge in [0, 0.05) is 42.3 Å². The molecule has 2 aromatic heterocycles. The molecule has 1 fully saturated rings. The highest BCUT2D eigenvalue weighted by Gasteiger charge is 2.29. The second kappa shape index (κ2) is 8.19. The number of imidazole rings is 1. The fraction of sp³-hybridized carbons (Fsp3) is 0.600. The maximum absolute atomic E-state index is 13.1. The van der Waals surface area contributed by atoms with E-state index < -0.39 is 5.60 Å².